The molecule has 4 radical (unpaired) electrons. The molecule has 2 rings (SSSR count). The molecule has 2 heterocycles. The fourth-order valence-electron chi connectivity index (χ4n) is 3.48. The molecule has 0 spiro atoms. The Hall–Kier alpha value is 0.120. The molecule has 0 saturated carbocycles. The van der Waals surface area contributed by atoms with E-state index in [0.29, 0.717) is 19.3 Å². The van der Waals surface area contributed by atoms with E-state index in [2.05, 4.69) is 20.8 Å². The summed E-state index contributed by atoms with van der Waals surface area (Å²) < 4.78 is 40.3. The Labute approximate surface area is 171 Å². The van der Waals surface area contributed by atoms with Gasteiger partial charge in [0.1, 0.15) is 21.8 Å². The summed E-state index contributed by atoms with van der Waals surface area (Å²) >= 11 is 0. The van der Waals surface area contributed by atoms with Crippen LogP contribution in [0.1, 0.15) is 60.8 Å². The van der Waals surface area contributed by atoms with Crippen LogP contribution in [-0.2, 0) is 27.8 Å². The van der Waals surface area contributed by atoms with Crippen LogP contribution in [0.15, 0.2) is 0 Å². The predicted molar refractivity (Wildman–Crippen MR) is 107 cm³/mol. The average Bonchev–Trinajstić information content (AvgIpc) is 2.95. The van der Waals surface area contributed by atoms with Crippen LogP contribution in [0.25, 0.3) is 0 Å². The molecule has 2 aliphatic rings. The van der Waals surface area contributed by atoms with E-state index in [4.69, 9.17) is 39.0 Å². The molecule has 10 heteroatoms. The summed E-state index contributed by atoms with van der Waals surface area (Å²) in [6.07, 6.45) is -0.396. The van der Waals surface area contributed by atoms with Gasteiger partial charge in [-0.1, -0.05) is 20.8 Å². The highest BCUT2D eigenvalue weighted by atomic mass is 31.2. The molecule has 7 unspecified atom stereocenters. The van der Waals surface area contributed by atoms with Gasteiger partial charge in [-0.15, -0.1) is 0 Å². The molecular formula is C18H33B2O7P. The summed E-state index contributed by atoms with van der Waals surface area (Å²) in [6, 6.07) is -1.03. The second kappa shape index (κ2) is 9.09. The maximum Gasteiger partial charge on any atom is 0.472 e. The van der Waals surface area contributed by atoms with E-state index in [1.165, 1.54) is 0 Å². The fourth-order valence-corrected chi connectivity index (χ4v) is 4.45. The highest BCUT2D eigenvalue weighted by Gasteiger charge is 2.42. The van der Waals surface area contributed by atoms with Crippen LogP contribution < -0.4 is 0 Å². The van der Waals surface area contributed by atoms with Gasteiger partial charge in [0.25, 0.3) is 0 Å². The first kappa shape index (κ1) is 24.4. The quantitative estimate of drug-likeness (QED) is 0.507. The van der Waals surface area contributed by atoms with Crippen LogP contribution in [0, 0.1) is 5.41 Å². The molecule has 0 aromatic heterocycles. The predicted octanol–water partition coefficient (Wildman–Crippen LogP) is 2.68. The van der Waals surface area contributed by atoms with Crippen molar-refractivity contribution in [3.05, 3.63) is 0 Å². The van der Waals surface area contributed by atoms with Gasteiger partial charge >= 0.3 is 7.82 Å². The van der Waals surface area contributed by atoms with Crippen LogP contribution in [0.5, 0.6) is 0 Å². The topological polar surface area (TPSA) is 83.5 Å². The minimum Gasteiger partial charge on any atom is -0.382 e. The Morgan fingerprint density at radius 1 is 1.00 bits per heavy atom. The molecule has 0 aromatic rings. The lowest BCUT2D eigenvalue weighted by Gasteiger charge is -2.29. The molecule has 2 fully saturated rings. The first-order valence-corrected chi connectivity index (χ1v) is 11.3. The Morgan fingerprint density at radius 3 is 2.07 bits per heavy atom. The van der Waals surface area contributed by atoms with Crippen LogP contribution in [-0.4, -0.2) is 69.2 Å². The van der Waals surface area contributed by atoms with Crippen LogP contribution >= 0.6 is 7.82 Å². The second-order valence-electron chi connectivity index (χ2n) is 9.84. The van der Waals surface area contributed by atoms with Crippen LogP contribution in [0.3, 0.4) is 0 Å². The van der Waals surface area contributed by atoms with Crippen molar-refractivity contribution in [3.8, 4) is 0 Å². The first-order valence-electron chi connectivity index (χ1n) is 9.79. The minimum atomic E-state index is -4.33. The lowest BCUT2D eigenvalue weighted by molar-refractivity contribution is -0.0992. The lowest BCUT2D eigenvalue weighted by atomic mass is 9.87. The van der Waals surface area contributed by atoms with Crippen molar-refractivity contribution in [2.45, 2.75) is 103 Å². The maximum absolute atomic E-state index is 12.5. The van der Waals surface area contributed by atoms with E-state index >= 15 is 0 Å². The number of phosphoric ester groups is 1. The fraction of sp³-hybridized carbons (Fsp3) is 1.00. The van der Waals surface area contributed by atoms with Gasteiger partial charge in [-0.05, 0) is 45.4 Å². The molecule has 0 bridgehead atoms. The van der Waals surface area contributed by atoms with Gasteiger partial charge in [-0.2, -0.15) is 0 Å². The number of rotatable bonds is 7. The normalized spacial score (nSPS) is 36.5. The molecule has 2 saturated heterocycles. The third-order valence-corrected chi connectivity index (χ3v) is 5.46. The van der Waals surface area contributed by atoms with Crippen molar-refractivity contribution in [1.29, 1.82) is 0 Å². The summed E-state index contributed by atoms with van der Waals surface area (Å²) in [7, 11) is 7.37. The summed E-state index contributed by atoms with van der Waals surface area (Å²) in [6.45, 7) is 11.8. The third kappa shape index (κ3) is 8.10. The van der Waals surface area contributed by atoms with Gasteiger partial charge in [-0.3, -0.25) is 9.05 Å². The monoisotopic (exact) mass is 414 g/mol. The number of hydrogen-bond donors (Lipinski definition) is 1. The third-order valence-electron chi connectivity index (χ3n) is 4.45. The van der Waals surface area contributed by atoms with Crippen molar-refractivity contribution >= 4 is 23.5 Å². The van der Waals surface area contributed by atoms with Crippen molar-refractivity contribution in [2.24, 2.45) is 5.41 Å². The van der Waals surface area contributed by atoms with Gasteiger partial charge in [0.15, 0.2) is 0 Å². The summed E-state index contributed by atoms with van der Waals surface area (Å²) in [5, 5.41) is 0. The molecule has 7 atom stereocenters. The van der Waals surface area contributed by atoms with Crippen molar-refractivity contribution in [3.63, 3.8) is 0 Å². The molecule has 0 aromatic carbocycles. The maximum atomic E-state index is 12.5. The highest BCUT2D eigenvalue weighted by Crippen LogP contribution is 2.48. The largest absolute Gasteiger partial charge is 0.472 e. The lowest BCUT2D eigenvalue weighted by Crippen LogP contribution is -2.35. The Morgan fingerprint density at radius 2 is 1.54 bits per heavy atom. The van der Waals surface area contributed by atoms with Crippen molar-refractivity contribution < 1.29 is 32.7 Å². The minimum absolute atomic E-state index is 0.0397. The average molecular weight is 414 g/mol. The number of hydrogen-bond acceptors (Lipinski definition) is 6. The second-order valence-corrected chi connectivity index (χ2v) is 11.2. The standard InChI is InChI=1S/C18H33B2O7P/c1-17(2,3)9-13-12(8-16(20)24-13)27-28(21,22)23-10-14-11(7-15(19)25-14)26-18(4,5)6/h11-16H,7-10H2,1-6H3,(H,21,22). The molecule has 0 aliphatic carbocycles. The first-order chi connectivity index (χ1) is 12.6. The molecule has 158 valence electrons. The van der Waals surface area contributed by atoms with Crippen LogP contribution in [0.4, 0.5) is 0 Å². The Bertz CT molecular complexity index is 563. The summed E-state index contributed by atoms with van der Waals surface area (Å²) in [5.74, 6) is 0. The van der Waals surface area contributed by atoms with Gasteiger partial charge in [-0.25, -0.2) is 4.57 Å². The van der Waals surface area contributed by atoms with E-state index in [1.54, 1.807) is 0 Å². The summed E-state index contributed by atoms with van der Waals surface area (Å²) in [5.41, 5.74) is -0.435. The van der Waals surface area contributed by atoms with Crippen molar-refractivity contribution in [2.75, 3.05) is 6.61 Å². The Balaban J connectivity index is 1.92. The zero-order valence-electron chi connectivity index (χ0n) is 17.8. The molecule has 7 nitrogen and oxygen atoms in total. The Kier molecular flexibility index (Phi) is 7.92. The van der Waals surface area contributed by atoms with E-state index in [-0.39, 0.29) is 24.2 Å². The highest BCUT2D eigenvalue weighted by molar-refractivity contribution is 7.47. The summed E-state index contributed by atoms with van der Waals surface area (Å²) in [4.78, 5) is 10.2. The van der Waals surface area contributed by atoms with Gasteiger partial charge < -0.3 is 19.1 Å². The van der Waals surface area contributed by atoms with Crippen molar-refractivity contribution in [1.82, 2.24) is 0 Å². The number of ether oxygens (including phenoxy) is 3. The van der Waals surface area contributed by atoms with Gasteiger partial charge in [0.2, 0.25) is 0 Å². The van der Waals surface area contributed by atoms with E-state index in [1.807, 2.05) is 20.8 Å². The van der Waals surface area contributed by atoms with E-state index in [9.17, 15) is 9.46 Å². The van der Waals surface area contributed by atoms with Crippen LogP contribution in [0.2, 0.25) is 0 Å². The molecule has 0 amide bonds. The van der Waals surface area contributed by atoms with E-state index < -0.39 is 37.6 Å². The number of phosphoric acid groups is 1. The van der Waals surface area contributed by atoms with E-state index in [0.717, 1.165) is 0 Å². The smallest absolute Gasteiger partial charge is 0.382 e. The van der Waals surface area contributed by atoms with Gasteiger partial charge in [0, 0.05) is 12.0 Å². The molecule has 2 aliphatic heterocycles. The zero-order valence-corrected chi connectivity index (χ0v) is 18.7. The zero-order chi connectivity index (χ0) is 21.3. The molecular weight excluding hydrogens is 381 g/mol. The molecule has 1 N–H and O–H groups in total. The molecule has 28 heavy (non-hydrogen) atoms. The SMILES string of the molecule is [B]C1CC(OC(C)(C)C)C(COP(=O)(O)OC2CC([B])OC2CC(C)(C)C)O1. The van der Waals surface area contributed by atoms with Gasteiger partial charge in [0.05, 0.1) is 30.5 Å².